The van der Waals surface area contributed by atoms with Crippen LogP contribution in [0.25, 0.3) is 0 Å². The number of carbonyl (C=O) groups is 2. The minimum atomic E-state index is -1.19. The van der Waals surface area contributed by atoms with Gasteiger partial charge in [-0.25, -0.2) is 9.18 Å². The Morgan fingerprint density at radius 3 is 2.81 bits per heavy atom. The molecule has 21 heavy (non-hydrogen) atoms. The molecular formula is C13H13BrFNO5. The molecule has 2 N–H and O–H groups in total. The van der Waals surface area contributed by atoms with Gasteiger partial charge in [0.05, 0.1) is 6.10 Å². The molecular weight excluding hydrogens is 349 g/mol. The monoisotopic (exact) mass is 361 g/mol. The summed E-state index contributed by atoms with van der Waals surface area (Å²) < 4.78 is 19.1. The second kappa shape index (κ2) is 6.40. The molecule has 0 unspecified atom stereocenters. The van der Waals surface area contributed by atoms with Crippen LogP contribution in [0.1, 0.15) is 6.42 Å². The number of likely N-dealkylation sites (tertiary alicyclic amines) is 1. The Kier molecular flexibility index (Phi) is 4.79. The van der Waals surface area contributed by atoms with Crippen LogP contribution in [0.2, 0.25) is 0 Å². The van der Waals surface area contributed by atoms with E-state index in [9.17, 15) is 19.1 Å². The molecule has 0 saturated carbocycles. The summed E-state index contributed by atoms with van der Waals surface area (Å²) in [6.07, 6.45) is -0.896. The van der Waals surface area contributed by atoms with Crippen molar-refractivity contribution in [1.29, 1.82) is 0 Å². The van der Waals surface area contributed by atoms with Crippen molar-refractivity contribution in [1.82, 2.24) is 4.90 Å². The zero-order chi connectivity index (χ0) is 15.6. The SMILES string of the molecule is O=C(O)[C@H]1C[C@@H](O)CN1C(=O)COc1ccc(Br)cc1F. The number of hydrogen-bond donors (Lipinski definition) is 2. The molecule has 0 aliphatic carbocycles. The van der Waals surface area contributed by atoms with Gasteiger partial charge in [0.2, 0.25) is 0 Å². The lowest BCUT2D eigenvalue weighted by Gasteiger charge is -2.21. The summed E-state index contributed by atoms with van der Waals surface area (Å²) in [7, 11) is 0. The van der Waals surface area contributed by atoms with Crippen molar-refractivity contribution in [2.45, 2.75) is 18.6 Å². The Balaban J connectivity index is 1.99. The smallest absolute Gasteiger partial charge is 0.326 e. The minimum Gasteiger partial charge on any atom is -0.481 e. The molecule has 1 aliphatic rings. The number of aliphatic hydroxyl groups is 1. The van der Waals surface area contributed by atoms with Gasteiger partial charge in [-0.2, -0.15) is 0 Å². The Hall–Kier alpha value is -1.67. The van der Waals surface area contributed by atoms with Gasteiger partial charge in [0.1, 0.15) is 6.04 Å². The van der Waals surface area contributed by atoms with E-state index in [-0.39, 0.29) is 18.7 Å². The molecule has 1 saturated heterocycles. The van der Waals surface area contributed by atoms with E-state index >= 15 is 0 Å². The maximum Gasteiger partial charge on any atom is 0.326 e. The van der Waals surface area contributed by atoms with Gasteiger partial charge < -0.3 is 19.8 Å². The highest BCUT2D eigenvalue weighted by molar-refractivity contribution is 9.10. The number of aliphatic carboxylic acids is 1. The van der Waals surface area contributed by atoms with Gasteiger partial charge in [0, 0.05) is 17.4 Å². The lowest BCUT2D eigenvalue weighted by molar-refractivity contribution is -0.149. The Bertz CT molecular complexity index is 567. The fourth-order valence-corrected chi connectivity index (χ4v) is 2.47. The molecule has 0 radical (unpaired) electrons. The predicted molar refractivity (Wildman–Crippen MR) is 73.4 cm³/mol. The quantitative estimate of drug-likeness (QED) is 0.835. The fourth-order valence-electron chi connectivity index (χ4n) is 2.14. The summed E-state index contributed by atoms with van der Waals surface area (Å²) >= 11 is 3.10. The van der Waals surface area contributed by atoms with Crippen LogP contribution in [0, 0.1) is 5.82 Å². The summed E-state index contributed by atoms with van der Waals surface area (Å²) in [6, 6.07) is 3.04. The van der Waals surface area contributed by atoms with Crippen LogP contribution in [-0.2, 0) is 9.59 Å². The summed E-state index contributed by atoms with van der Waals surface area (Å²) in [5.41, 5.74) is 0. The van der Waals surface area contributed by atoms with Crippen molar-refractivity contribution >= 4 is 27.8 Å². The van der Waals surface area contributed by atoms with Crippen molar-refractivity contribution in [3.8, 4) is 5.75 Å². The fraction of sp³-hybridized carbons (Fsp3) is 0.385. The molecule has 0 aromatic heterocycles. The molecule has 1 aromatic carbocycles. The molecule has 6 nitrogen and oxygen atoms in total. The van der Waals surface area contributed by atoms with E-state index in [1.807, 2.05) is 0 Å². The average Bonchev–Trinajstić information content (AvgIpc) is 2.80. The van der Waals surface area contributed by atoms with E-state index in [0.717, 1.165) is 4.90 Å². The summed E-state index contributed by atoms with van der Waals surface area (Å²) in [6.45, 7) is -0.558. The molecule has 0 bridgehead atoms. The first-order chi connectivity index (χ1) is 9.88. The van der Waals surface area contributed by atoms with Gasteiger partial charge in [-0.05, 0) is 18.2 Å². The Labute approximate surface area is 128 Å². The Morgan fingerprint density at radius 2 is 2.19 bits per heavy atom. The largest absolute Gasteiger partial charge is 0.481 e. The van der Waals surface area contributed by atoms with E-state index < -0.39 is 36.4 Å². The third-order valence-corrected chi connectivity index (χ3v) is 3.62. The van der Waals surface area contributed by atoms with Gasteiger partial charge in [0.15, 0.2) is 18.2 Å². The number of hydrogen-bond acceptors (Lipinski definition) is 4. The van der Waals surface area contributed by atoms with Crippen LogP contribution in [0.4, 0.5) is 4.39 Å². The molecule has 1 fully saturated rings. The molecule has 2 rings (SSSR count). The highest BCUT2D eigenvalue weighted by Crippen LogP contribution is 2.22. The van der Waals surface area contributed by atoms with E-state index in [0.29, 0.717) is 4.47 Å². The number of halogens is 2. The second-order valence-electron chi connectivity index (χ2n) is 4.65. The van der Waals surface area contributed by atoms with E-state index in [2.05, 4.69) is 15.9 Å². The number of carboxylic acid groups (broad SMARTS) is 1. The van der Waals surface area contributed by atoms with E-state index in [1.165, 1.54) is 12.1 Å². The molecule has 8 heteroatoms. The zero-order valence-corrected chi connectivity index (χ0v) is 12.4. The first-order valence-electron chi connectivity index (χ1n) is 6.16. The topological polar surface area (TPSA) is 87.1 Å². The number of benzene rings is 1. The lowest BCUT2D eigenvalue weighted by Crippen LogP contribution is -2.43. The zero-order valence-electron chi connectivity index (χ0n) is 10.8. The molecule has 114 valence electrons. The molecule has 0 spiro atoms. The molecule has 1 amide bonds. The van der Waals surface area contributed by atoms with Crippen LogP contribution < -0.4 is 4.74 Å². The van der Waals surface area contributed by atoms with Gasteiger partial charge in [-0.3, -0.25) is 4.79 Å². The molecule has 1 heterocycles. The van der Waals surface area contributed by atoms with Crippen LogP contribution in [-0.4, -0.2) is 52.3 Å². The van der Waals surface area contributed by atoms with Crippen molar-refractivity contribution in [2.75, 3.05) is 13.2 Å². The number of ether oxygens (including phenoxy) is 1. The van der Waals surface area contributed by atoms with Crippen LogP contribution in [0.15, 0.2) is 22.7 Å². The maximum absolute atomic E-state index is 13.5. The lowest BCUT2D eigenvalue weighted by atomic mass is 10.2. The maximum atomic E-state index is 13.5. The van der Waals surface area contributed by atoms with Crippen LogP contribution in [0.5, 0.6) is 5.75 Å². The van der Waals surface area contributed by atoms with Gasteiger partial charge in [-0.15, -0.1) is 0 Å². The number of amides is 1. The van der Waals surface area contributed by atoms with Gasteiger partial charge >= 0.3 is 5.97 Å². The second-order valence-corrected chi connectivity index (χ2v) is 5.57. The van der Waals surface area contributed by atoms with Crippen LogP contribution in [0.3, 0.4) is 0 Å². The van der Waals surface area contributed by atoms with Gasteiger partial charge in [0.25, 0.3) is 5.91 Å². The molecule has 1 aromatic rings. The highest BCUT2D eigenvalue weighted by atomic mass is 79.9. The third kappa shape index (κ3) is 3.70. The average molecular weight is 362 g/mol. The first kappa shape index (κ1) is 15.7. The third-order valence-electron chi connectivity index (χ3n) is 3.13. The van der Waals surface area contributed by atoms with E-state index in [1.54, 1.807) is 6.07 Å². The van der Waals surface area contributed by atoms with Crippen LogP contribution >= 0.6 is 15.9 Å². The van der Waals surface area contributed by atoms with Crippen molar-refractivity contribution in [3.05, 3.63) is 28.5 Å². The normalized spacial score (nSPS) is 21.4. The highest BCUT2D eigenvalue weighted by Gasteiger charge is 2.38. The molecule has 1 aliphatic heterocycles. The Morgan fingerprint density at radius 1 is 1.48 bits per heavy atom. The van der Waals surface area contributed by atoms with Crippen molar-refractivity contribution < 1.29 is 28.9 Å². The van der Waals surface area contributed by atoms with Crippen molar-refractivity contribution in [2.24, 2.45) is 0 Å². The number of carbonyl (C=O) groups excluding carboxylic acids is 1. The van der Waals surface area contributed by atoms with E-state index in [4.69, 9.17) is 9.84 Å². The number of carboxylic acids is 1. The van der Waals surface area contributed by atoms with Crippen molar-refractivity contribution in [3.63, 3.8) is 0 Å². The number of aliphatic hydroxyl groups excluding tert-OH is 1. The number of rotatable bonds is 4. The first-order valence-corrected chi connectivity index (χ1v) is 6.96. The number of β-amino-alcohol motifs (C(OH)–C–C–N with tert-alkyl or cyclic N) is 1. The molecule has 2 atom stereocenters. The standard InChI is InChI=1S/C13H13BrFNO5/c14-7-1-2-11(9(15)3-7)21-6-12(18)16-5-8(17)4-10(16)13(19)20/h1-3,8,10,17H,4-6H2,(H,19,20)/t8-,10-/m1/s1. The minimum absolute atomic E-state index is 0.0201. The summed E-state index contributed by atoms with van der Waals surface area (Å²) in [5, 5.41) is 18.5. The van der Waals surface area contributed by atoms with Gasteiger partial charge in [-0.1, -0.05) is 15.9 Å². The summed E-state index contributed by atoms with van der Waals surface area (Å²) in [4.78, 5) is 24.0. The predicted octanol–water partition coefficient (Wildman–Crippen LogP) is 1.01. The summed E-state index contributed by atoms with van der Waals surface area (Å²) in [5.74, 6) is -2.53. The number of nitrogens with zero attached hydrogens (tertiary/aromatic N) is 1.